The highest BCUT2D eigenvalue weighted by Gasteiger charge is 2.49. The van der Waals surface area contributed by atoms with Crippen LogP contribution in [0.25, 0.3) is 0 Å². The molecule has 146 valence electrons. The molecule has 27 heavy (non-hydrogen) atoms. The van der Waals surface area contributed by atoms with Crippen LogP contribution >= 0.6 is 0 Å². The molecule has 0 N–H and O–H groups in total. The largest absolute Gasteiger partial charge is 0.465 e. The molecule has 2 atom stereocenters. The highest BCUT2D eigenvalue weighted by molar-refractivity contribution is 7.92. The number of sulfone groups is 1. The molecule has 2 unspecified atom stereocenters. The lowest BCUT2D eigenvalue weighted by Crippen LogP contribution is -2.47. The van der Waals surface area contributed by atoms with E-state index in [1.165, 1.54) is 18.0 Å². The zero-order valence-corrected chi connectivity index (χ0v) is 16.5. The van der Waals surface area contributed by atoms with Crippen LogP contribution in [0.1, 0.15) is 32.8 Å². The molecule has 0 bridgehead atoms. The fourth-order valence-corrected chi connectivity index (χ4v) is 3.53. The minimum absolute atomic E-state index is 0.0530. The molecule has 2 heterocycles. The van der Waals surface area contributed by atoms with Crippen LogP contribution in [-0.4, -0.2) is 55.7 Å². The maximum Gasteiger partial charge on any atom is 0.415 e. The summed E-state index contributed by atoms with van der Waals surface area (Å²) in [6, 6.07) is 3.35. The lowest BCUT2D eigenvalue weighted by molar-refractivity contribution is -0.146. The molecular formula is C18H22N2O6S. The predicted octanol–water partition coefficient (Wildman–Crippen LogP) is 1.53. The number of rotatable bonds is 6. The minimum Gasteiger partial charge on any atom is -0.465 e. The second kappa shape index (κ2) is 7.96. The lowest BCUT2D eigenvalue weighted by atomic mass is 10.0. The van der Waals surface area contributed by atoms with E-state index < -0.39 is 32.8 Å². The molecule has 1 aliphatic rings. The Morgan fingerprint density at radius 1 is 1.48 bits per heavy atom. The monoisotopic (exact) mass is 394 g/mol. The number of hydrogen-bond donors (Lipinski definition) is 0. The molecule has 1 aromatic rings. The maximum absolute atomic E-state index is 12.3. The van der Waals surface area contributed by atoms with Gasteiger partial charge in [-0.1, -0.05) is 5.92 Å². The van der Waals surface area contributed by atoms with Gasteiger partial charge in [-0.2, -0.15) is 0 Å². The zero-order valence-electron chi connectivity index (χ0n) is 15.7. The third-order valence-corrected chi connectivity index (χ3v) is 6.28. The molecule has 1 amide bonds. The first-order chi connectivity index (χ1) is 12.6. The summed E-state index contributed by atoms with van der Waals surface area (Å²) < 4.78 is 32.8. The van der Waals surface area contributed by atoms with Gasteiger partial charge in [-0.05, 0) is 32.9 Å². The average molecular weight is 394 g/mol. The highest BCUT2D eigenvalue weighted by Crippen LogP contribution is 2.30. The quantitative estimate of drug-likeness (QED) is 0.532. The Kier molecular flexibility index (Phi) is 6.11. The number of anilines is 1. The van der Waals surface area contributed by atoms with Crippen molar-refractivity contribution in [3.63, 3.8) is 0 Å². The van der Waals surface area contributed by atoms with Crippen LogP contribution < -0.4 is 4.90 Å². The van der Waals surface area contributed by atoms with Gasteiger partial charge in [0.05, 0.1) is 13.2 Å². The highest BCUT2D eigenvalue weighted by atomic mass is 32.2. The fourth-order valence-electron chi connectivity index (χ4n) is 2.68. The first kappa shape index (κ1) is 20.7. The molecule has 0 aliphatic carbocycles. The van der Waals surface area contributed by atoms with Gasteiger partial charge in [-0.15, -0.1) is 5.92 Å². The van der Waals surface area contributed by atoms with E-state index in [-0.39, 0.29) is 19.6 Å². The topological polar surface area (TPSA) is 103 Å². The number of esters is 1. The van der Waals surface area contributed by atoms with Gasteiger partial charge in [0.1, 0.15) is 11.9 Å². The molecular weight excluding hydrogens is 372 g/mol. The van der Waals surface area contributed by atoms with Crippen LogP contribution in [0.15, 0.2) is 18.3 Å². The summed E-state index contributed by atoms with van der Waals surface area (Å²) in [6.45, 7) is 4.72. The summed E-state index contributed by atoms with van der Waals surface area (Å²) in [5.41, 5.74) is 0.706. The van der Waals surface area contributed by atoms with E-state index in [1.54, 1.807) is 26.0 Å². The minimum atomic E-state index is -3.80. The molecule has 1 fully saturated rings. The predicted molar refractivity (Wildman–Crippen MR) is 98.9 cm³/mol. The maximum atomic E-state index is 12.3. The number of pyridine rings is 1. The molecule has 1 aliphatic heterocycles. The SMILES string of the molecule is CC#Cc1ccc(N2CC(CC(C)(C(=O)OCC)S(C)(=O)=O)OC2=O)nc1. The number of cyclic esters (lactones) is 1. The molecule has 0 aromatic carbocycles. The summed E-state index contributed by atoms with van der Waals surface area (Å²) in [6.07, 6.45) is 0.853. The number of aromatic nitrogens is 1. The molecule has 1 aromatic heterocycles. The van der Waals surface area contributed by atoms with Crippen molar-refractivity contribution in [1.29, 1.82) is 0 Å². The van der Waals surface area contributed by atoms with Crippen LogP contribution in [0.5, 0.6) is 0 Å². The number of carbonyl (C=O) groups is 2. The van der Waals surface area contributed by atoms with E-state index in [2.05, 4.69) is 16.8 Å². The average Bonchev–Trinajstić information content (AvgIpc) is 2.95. The van der Waals surface area contributed by atoms with Gasteiger partial charge in [0, 0.05) is 24.4 Å². The van der Waals surface area contributed by atoms with E-state index in [9.17, 15) is 18.0 Å². The molecule has 2 rings (SSSR count). The Labute approximate surface area is 158 Å². The van der Waals surface area contributed by atoms with Crippen molar-refractivity contribution in [1.82, 2.24) is 4.98 Å². The van der Waals surface area contributed by atoms with E-state index >= 15 is 0 Å². The number of hydrogen-bond acceptors (Lipinski definition) is 7. The summed E-state index contributed by atoms with van der Waals surface area (Å²) in [5.74, 6) is 5.11. The number of ether oxygens (including phenoxy) is 2. The Morgan fingerprint density at radius 2 is 2.19 bits per heavy atom. The first-order valence-corrected chi connectivity index (χ1v) is 10.2. The Hall–Kier alpha value is -2.60. The summed E-state index contributed by atoms with van der Waals surface area (Å²) in [7, 11) is -3.80. The van der Waals surface area contributed by atoms with E-state index in [4.69, 9.17) is 9.47 Å². The summed E-state index contributed by atoms with van der Waals surface area (Å²) >= 11 is 0. The fraction of sp³-hybridized carbons (Fsp3) is 0.500. The van der Waals surface area contributed by atoms with Crippen LogP contribution in [-0.2, 0) is 24.1 Å². The first-order valence-electron chi connectivity index (χ1n) is 8.36. The van der Waals surface area contributed by atoms with Gasteiger partial charge in [-0.25, -0.2) is 18.2 Å². The van der Waals surface area contributed by atoms with Gasteiger partial charge >= 0.3 is 12.1 Å². The Morgan fingerprint density at radius 3 is 2.70 bits per heavy atom. The second-order valence-electron chi connectivity index (χ2n) is 6.32. The normalized spacial score (nSPS) is 18.9. The smallest absolute Gasteiger partial charge is 0.415 e. The van der Waals surface area contributed by atoms with Crippen molar-refractivity contribution in [3.8, 4) is 11.8 Å². The third-order valence-electron chi connectivity index (χ3n) is 4.31. The van der Waals surface area contributed by atoms with Crippen molar-refractivity contribution in [3.05, 3.63) is 23.9 Å². The molecule has 0 radical (unpaired) electrons. The van der Waals surface area contributed by atoms with Gasteiger partial charge in [0.15, 0.2) is 14.6 Å². The van der Waals surface area contributed by atoms with Crippen molar-refractivity contribution >= 4 is 27.7 Å². The standard InChI is InChI=1S/C18H22N2O6S/c1-5-7-13-8-9-15(19-11-13)20-12-14(26-17(20)22)10-18(3,27(4,23)24)16(21)25-6-2/h8-9,11,14H,6,10,12H2,1-4H3. The molecule has 0 spiro atoms. The summed E-state index contributed by atoms with van der Waals surface area (Å²) in [4.78, 5) is 29.9. The second-order valence-corrected chi connectivity index (χ2v) is 8.77. The van der Waals surface area contributed by atoms with Gasteiger partial charge in [0.2, 0.25) is 0 Å². The van der Waals surface area contributed by atoms with Crippen molar-refractivity contribution in [2.24, 2.45) is 0 Å². The van der Waals surface area contributed by atoms with Crippen molar-refractivity contribution < 1.29 is 27.5 Å². The Bertz CT molecular complexity index is 885. The number of carbonyl (C=O) groups excluding carboxylic acids is 2. The Balaban J connectivity index is 2.20. The van der Waals surface area contributed by atoms with Crippen molar-refractivity contribution in [2.75, 3.05) is 24.3 Å². The van der Waals surface area contributed by atoms with Crippen LogP contribution in [0.3, 0.4) is 0 Å². The van der Waals surface area contributed by atoms with E-state index in [0.717, 1.165) is 6.26 Å². The van der Waals surface area contributed by atoms with Crippen LogP contribution in [0, 0.1) is 11.8 Å². The van der Waals surface area contributed by atoms with Crippen LogP contribution in [0.2, 0.25) is 0 Å². The number of amides is 1. The van der Waals surface area contributed by atoms with Gasteiger partial charge < -0.3 is 9.47 Å². The summed E-state index contributed by atoms with van der Waals surface area (Å²) in [5, 5.41) is 0. The van der Waals surface area contributed by atoms with Gasteiger partial charge in [0.25, 0.3) is 0 Å². The van der Waals surface area contributed by atoms with E-state index in [0.29, 0.717) is 11.4 Å². The zero-order chi connectivity index (χ0) is 20.2. The number of nitrogens with zero attached hydrogens (tertiary/aromatic N) is 2. The molecule has 9 heteroatoms. The lowest BCUT2D eigenvalue weighted by Gasteiger charge is -2.27. The van der Waals surface area contributed by atoms with Gasteiger partial charge in [-0.3, -0.25) is 9.69 Å². The third kappa shape index (κ3) is 4.39. The molecule has 8 nitrogen and oxygen atoms in total. The molecule has 0 saturated carbocycles. The van der Waals surface area contributed by atoms with Crippen LogP contribution in [0.4, 0.5) is 10.6 Å². The van der Waals surface area contributed by atoms with E-state index in [1.807, 2.05) is 0 Å². The van der Waals surface area contributed by atoms with Crippen molar-refractivity contribution in [2.45, 2.75) is 38.0 Å². The molecule has 1 saturated heterocycles.